The first-order chi connectivity index (χ1) is 8.13. The van der Waals surface area contributed by atoms with Crippen LogP contribution in [0, 0.1) is 0 Å². The highest BCUT2D eigenvalue weighted by Gasteiger charge is 2.29. The molecule has 0 aliphatic heterocycles. The normalized spacial score (nSPS) is 14.6. The number of nitrogen functional groups attached to an aromatic ring is 1. The minimum absolute atomic E-state index is 0.249. The van der Waals surface area contributed by atoms with Gasteiger partial charge >= 0.3 is 5.97 Å². The van der Waals surface area contributed by atoms with Gasteiger partial charge in [0.05, 0.1) is 16.9 Å². The van der Waals surface area contributed by atoms with Gasteiger partial charge in [0, 0.05) is 12.6 Å². The highest BCUT2D eigenvalue weighted by Crippen LogP contribution is 2.35. The van der Waals surface area contributed by atoms with Crippen LogP contribution in [-0.2, 0) is 0 Å². The Bertz CT molecular complexity index is 427. The van der Waals surface area contributed by atoms with Crippen molar-refractivity contribution in [2.45, 2.75) is 32.2 Å². The fourth-order valence-electron chi connectivity index (χ4n) is 2.08. The molecule has 2 rings (SSSR count). The van der Waals surface area contributed by atoms with E-state index in [-0.39, 0.29) is 5.56 Å². The third-order valence-electron chi connectivity index (χ3n) is 3.04. The van der Waals surface area contributed by atoms with Crippen molar-refractivity contribution in [1.82, 2.24) is 0 Å². The standard InChI is InChI=1S/C13H18N2O2/c1-2-7-15(10-4-5-10)12-6-3-9(13(16)17)8-11(12)14/h3,6,8,10H,2,4-5,7,14H2,1H3,(H,16,17). The molecule has 0 saturated heterocycles. The summed E-state index contributed by atoms with van der Waals surface area (Å²) in [4.78, 5) is 13.1. The van der Waals surface area contributed by atoms with Gasteiger partial charge in [0.1, 0.15) is 0 Å². The van der Waals surface area contributed by atoms with E-state index in [1.54, 1.807) is 12.1 Å². The molecule has 1 aliphatic carbocycles. The first kappa shape index (κ1) is 11.8. The van der Waals surface area contributed by atoms with Crippen LogP contribution in [0.25, 0.3) is 0 Å². The third-order valence-corrected chi connectivity index (χ3v) is 3.04. The van der Waals surface area contributed by atoms with Crippen molar-refractivity contribution >= 4 is 17.3 Å². The molecule has 0 radical (unpaired) electrons. The summed E-state index contributed by atoms with van der Waals surface area (Å²) >= 11 is 0. The Morgan fingerprint density at radius 2 is 2.24 bits per heavy atom. The summed E-state index contributed by atoms with van der Waals surface area (Å²) in [5, 5.41) is 8.89. The van der Waals surface area contributed by atoms with Crippen LogP contribution < -0.4 is 10.6 Å². The maximum Gasteiger partial charge on any atom is 0.335 e. The average molecular weight is 234 g/mol. The molecule has 0 aromatic heterocycles. The number of rotatable bonds is 5. The van der Waals surface area contributed by atoms with Gasteiger partial charge in [0.15, 0.2) is 0 Å². The lowest BCUT2D eigenvalue weighted by Crippen LogP contribution is -2.27. The van der Waals surface area contributed by atoms with Crippen LogP contribution in [0.4, 0.5) is 11.4 Å². The molecule has 0 amide bonds. The van der Waals surface area contributed by atoms with Crippen molar-refractivity contribution in [3.05, 3.63) is 23.8 Å². The molecule has 1 aromatic carbocycles. The SMILES string of the molecule is CCCN(c1ccc(C(=O)O)cc1N)C1CC1. The summed E-state index contributed by atoms with van der Waals surface area (Å²) < 4.78 is 0. The van der Waals surface area contributed by atoms with Crippen LogP contribution in [0.5, 0.6) is 0 Å². The van der Waals surface area contributed by atoms with Gasteiger partial charge in [-0.3, -0.25) is 0 Å². The molecule has 0 heterocycles. The molecular weight excluding hydrogens is 216 g/mol. The van der Waals surface area contributed by atoms with Gasteiger partial charge in [-0.15, -0.1) is 0 Å². The number of hydrogen-bond acceptors (Lipinski definition) is 3. The first-order valence-electron chi connectivity index (χ1n) is 6.03. The first-order valence-corrected chi connectivity index (χ1v) is 6.03. The second-order valence-electron chi connectivity index (χ2n) is 4.50. The summed E-state index contributed by atoms with van der Waals surface area (Å²) in [6.45, 7) is 3.11. The van der Waals surface area contributed by atoms with Gasteiger partial charge in [-0.25, -0.2) is 4.79 Å². The van der Waals surface area contributed by atoms with Crippen molar-refractivity contribution in [3.63, 3.8) is 0 Å². The van der Waals surface area contributed by atoms with Gasteiger partial charge in [0.25, 0.3) is 0 Å². The molecule has 0 bridgehead atoms. The molecule has 1 aromatic rings. The topological polar surface area (TPSA) is 66.6 Å². The summed E-state index contributed by atoms with van der Waals surface area (Å²) in [6.07, 6.45) is 3.48. The Morgan fingerprint density at radius 3 is 2.71 bits per heavy atom. The molecule has 0 unspecified atom stereocenters. The second-order valence-corrected chi connectivity index (χ2v) is 4.50. The van der Waals surface area contributed by atoms with E-state index in [2.05, 4.69) is 11.8 Å². The third kappa shape index (κ3) is 2.52. The van der Waals surface area contributed by atoms with Gasteiger partial charge in [-0.05, 0) is 37.5 Å². The average Bonchev–Trinajstić information content (AvgIpc) is 3.10. The number of benzene rings is 1. The monoisotopic (exact) mass is 234 g/mol. The Kier molecular flexibility index (Phi) is 3.22. The van der Waals surface area contributed by atoms with Crippen LogP contribution >= 0.6 is 0 Å². The molecule has 4 nitrogen and oxygen atoms in total. The predicted molar refractivity (Wildman–Crippen MR) is 68.5 cm³/mol. The zero-order chi connectivity index (χ0) is 12.4. The van der Waals surface area contributed by atoms with Gasteiger partial charge in [-0.1, -0.05) is 6.92 Å². The Labute approximate surface area is 101 Å². The molecule has 4 heteroatoms. The summed E-state index contributed by atoms with van der Waals surface area (Å²) in [6, 6.07) is 5.59. The van der Waals surface area contributed by atoms with Crippen LogP contribution in [0.2, 0.25) is 0 Å². The quantitative estimate of drug-likeness (QED) is 0.767. The fraction of sp³-hybridized carbons (Fsp3) is 0.462. The molecule has 17 heavy (non-hydrogen) atoms. The number of carbonyl (C=O) groups is 1. The van der Waals surface area contributed by atoms with Crippen LogP contribution in [-0.4, -0.2) is 23.7 Å². The zero-order valence-corrected chi connectivity index (χ0v) is 10.0. The number of aromatic carboxylic acids is 1. The van der Waals surface area contributed by atoms with Crippen LogP contribution in [0.15, 0.2) is 18.2 Å². The van der Waals surface area contributed by atoms with Crippen molar-refractivity contribution in [3.8, 4) is 0 Å². The summed E-state index contributed by atoms with van der Waals surface area (Å²) in [5.41, 5.74) is 7.73. The number of nitrogens with zero attached hydrogens (tertiary/aromatic N) is 1. The van der Waals surface area contributed by atoms with Crippen molar-refractivity contribution in [2.24, 2.45) is 0 Å². The lowest BCUT2D eigenvalue weighted by molar-refractivity contribution is 0.0697. The maximum absolute atomic E-state index is 10.8. The van der Waals surface area contributed by atoms with E-state index in [1.165, 1.54) is 12.8 Å². The highest BCUT2D eigenvalue weighted by molar-refractivity contribution is 5.90. The maximum atomic E-state index is 10.8. The molecule has 0 spiro atoms. The summed E-state index contributed by atoms with van der Waals surface area (Å²) in [5.74, 6) is -0.934. The van der Waals surface area contributed by atoms with E-state index >= 15 is 0 Å². The molecule has 1 fully saturated rings. The fourth-order valence-corrected chi connectivity index (χ4v) is 2.08. The van der Waals surface area contributed by atoms with Crippen molar-refractivity contribution in [1.29, 1.82) is 0 Å². The molecule has 1 aliphatic rings. The summed E-state index contributed by atoms with van der Waals surface area (Å²) in [7, 11) is 0. The molecule has 3 N–H and O–H groups in total. The van der Waals surface area contributed by atoms with Gasteiger partial charge < -0.3 is 15.7 Å². The molecular formula is C13H18N2O2. The van der Waals surface area contributed by atoms with E-state index in [9.17, 15) is 4.79 Å². The van der Waals surface area contributed by atoms with E-state index in [4.69, 9.17) is 10.8 Å². The number of nitrogens with two attached hydrogens (primary N) is 1. The minimum Gasteiger partial charge on any atom is -0.478 e. The molecule has 0 atom stereocenters. The Hall–Kier alpha value is -1.71. The van der Waals surface area contributed by atoms with Crippen molar-refractivity contribution < 1.29 is 9.90 Å². The largest absolute Gasteiger partial charge is 0.478 e. The number of anilines is 2. The van der Waals surface area contributed by atoms with E-state index in [0.29, 0.717) is 11.7 Å². The molecule has 92 valence electrons. The number of carboxylic acid groups (broad SMARTS) is 1. The lowest BCUT2D eigenvalue weighted by Gasteiger charge is -2.25. The zero-order valence-electron chi connectivity index (χ0n) is 10.0. The van der Waals surface area contributed by atoms with Crippen molar-refractivity contribution in [2.75, 3.05) is 17.2 Å². The Morgan fingerprint density at radius 1 is 1.53 bits per heavy atom. The van der Waals surface area contributed by atoms with E-state index in [0.717, 1.165) is 18.7 Å². The minimum atomic E-state index is -0.934. The van der Waals surface area contributed by atoms with E-state index < -0.39 is 5.97 Å². The molecule has 1 saturated carbocycles. The predicted octanol–water partition coefficient (Wildman–Crippen LogP) is 2.35. The number of hydrogen-bond donors (Lipinski definition) is 2. The highest BCUT2D eigenvalue weighted by atomic mass is 16.4. The second kappa shape index (κ2) is 4.65. The van der Waals surface area contributed by atoms with E-state index in [1.807, 2.05) is 6.07 Å². The number of carboxylic acids is 1. The Balaban J connectivity index is 2.27. The van der Waals surface area contributed by atoms with Crippen LogP contribution in [0.1, 0.15) is 36.5 Å². The van der Waals surface area contributed by atoms with Crippen LogP contribution in [0.3, 0.4) is 0 Å². The van der Waals surface area contributed by atoms with Gasteiger partial charge in [0.2, 0.25) is 0 Å². The lowest BCUT2D eigenvalue weighted by atomic mass is 10.1. The van der Waals surface area contributed by atoms with Gasteiger partial charge in [-0.2, -0.15) is 0 Å². The smallest absolute Gasteiger partial charge is 0.335 e.